The second-order valence-corrected chi connectivity index (χ2v) is 4.05. The first-order chi connectivity index (χ1) is 6.38. The number of benzene rings is 1. The zero-order valence-electron chi connectivity index (χ0n) is 8.78. The number of aliphatic hydroxyl groups is 1. The monoisotopic (exact) mass is 192 g/mol. The van der Waals surface area contributed by atoms with E-state index in [9.17, 15) is 10.2 Å². The maximum Gasteiger partial charge on any atom is 0.122 e. The molecule has 0 aromatic heterocycles. The zero-order chi connectivity index (χ0) is 10.8. The molecule has 1 rings (SSSR count). The largest absolute Gasteiger partial charge is 0.507 e. The SMILES string of the molecule is Cc1ccc(O)c(C=CC(C)(C)O)c1. The molecule has 0 aliphatic rings. The van der Waals surface area contributed by atoms with Crippen LogP contribution in [0, 0.1) is 6.92 Å². The number of aryl methyl sites for hydroxylation is 1. The van der Waals surface area contributed by atoms with Crippen molar-refractivity contribution in [3.8, 4) is 5.75 Å². The smallest absolute Gasteiger partial charge is 0.122 e. The van der Waals surface area contributed by atoms with Crippen molar-refractivity contribution in [2.45, 2.75) is 26.4 Å². The fourth-order valence-corrected chi connectivity index (χ4v) is 1.10. The van der Waals surface area contributed by atoms with Gasteiger partial charge in [0.2, 0.25) is 0 Å². The molecule has 0 fully saturated rings. The predicted molar refractivity (Wildman–Crippen MR) is 58.2 cm³/mol. The minimum atomic E-state index is -0.851. The fourth-order valence-electron chi connectivity index (χ4n) is 1.10. The Labute approximate surface area is 84.5 Å². The molecule has 0 atom stereocenters. The van der Waals surface area contributed by atoms with Gasteiger partial charge < -0.3 is 10.2 Å². The number of phenolic OH excluding ortho intramolecular Hbond substituents is 1. The third-order valence-corrected chi connectivity index (χ3v) is 1.85. The molecule has 0 unspecified atom stereocenters. The summed E-state index contributed by atoms with van der Waals surface area (Å²) >= 11 is 0. The molecule has 0 aliphatic carbocycles. The summed E-state index contributed by atoms with van der Waals surface area (Å²) in [5, 5.41) is 19.0. The van der Waals surface area contributed by atoms with Gasteiger partial charge in [-0.25, -0.2) is 0 Å². The Morgan fingerprint density at radius 3 is 2.50 bits per heavy atom. The third kappa shape index (κ3) is 3.23. The normalized spacial score (nSPS) is 12.3. The van der Waals surface area contributed by atoms with Crippen molar-refractivity contribution in [3.05, 3.63) is 35.4 Å². The molecule has 0 saturated carbocycles. The molecule has 0 bridgehead atoms. The van der Waals surface area contributed by atoms with E-state index in [1.165, 1.54) is 0 Å². The lowest BCUT2D eigenvalue weighted by Crippen LogP contribution is -2.13. The van der Waals surface area contributed by atoms with Crippen molar-refractivity contribution in [3.63, 3.8) is 0 Å². The van der Waals surface area contributed by atoms with Gasteiger partial charge in [-0.15, -0.1) is 0 Å². The van der Waals surface area contributed by atoms with Crippen molar-refractivity contribution in [1.29, 1.82) is 0 Å². The third-order valence-electron chi connectivity index (χ3n) is 1.85. The summed E-state index contributed by atoms with van der Waals surface area (Å²) < 4.78 is 0. The highest BCUT2D eigenvalue weighted by molar-refractivity contribution is 5.58. The van der Waals surface area contributed by atoms with Crippen molar-refractivity contribution in [2.24, 2.45) is 0 Å². The van der Waals surface area contributed by atoms with Gasteiger partial charge in [-0.2, -0.15) is 0 Å². The summed E-state index contributed by atoms with van der Waals surface area (Å²) in [6.45, 7) is 5.34. The molecule has 0 spiro atoms. The molecule has 2 nitrogen and oxygen atoms in total. The van der Waals surface area contributed by atoms with E-state index in [4.69, 9.17) is 0 Å². The Bertz CT molecular complexity index is 346. The van der Waals surface area contributed by atoms with Crippen LogP contribution in [0.5, 0.6) is 5.75 Å². The van der Waals surface area contributed by atoms with Gasteiger partial charge in [-0.3, -0.25) is 0 Å². The molecule has 2 heteroatoms. The predicted octanol–water partition coefficient (Wildman–Crippen LogP) is 2.48. The number of rotatable bonds is 2. The highest BCUT2D eigenvalue weighted by Gasteiger charge is 2.06. The van der Waals surface area contributed by atoms with Gasteiger partial charge in [0.25, 0.3) is 0 Å². The molecule has 0 aliphatic heterocycles. The molecule has 0 heterocycles. The highest BCUT2D eigenvalue weighted by Crippen LogP contribution is 2.20. The van der Waals surface area contributed by atoms with Crippen LogP contribution in [0.2, 0.25) is 0 Å². The van der Waals surface area contributed by atoms with E-state index in [0.29, 0.717) is 0 Å². The Kier molecular flexibility index (Phi) is 2.96. The lowest BCUT2D eigenvalue weighted by molar-refractivity contribution is 0.134. The number of aromatic hydroxyl groups is 1. The average Bonchev–Trinajstić information content (AvgIpc) is 2.05. The Morgan fingerprint density at radius 1 is 1.29 bits per heavy atom. The summed E-state index contributed by atoms with van der Waals surface area (Å²) in [7, 11) is 0. The fraction of sp³-hybridized carbons (Fsp3) is 0.333. The van der Waals surface area contributed by atoms with Crippen LogP contribution in [0.15, 0.2) is 24.3 Å². The van der Waals surface area contributed by atoms with Gasteiger partial charge in [-0.1, -0.05) is 23.8 Å². The summed E-state index contributed by atoms with van der Waals surface area (Å²) in [6.07, 6.45) is 3.38. The van der Waals surface area contributed by atoms with Crippen molar-refractivity contribution in [2.75, 3.05) is 0 Å². The van der Waals surface area contributed by atoms with Gasteiger partial charge in [0.1, 0.15) is 5.75 Å². The van der Waals surface area contributed by atoms with Crippen LogP contribution >= 0.6 is 0 Å². The van der Waals surface area contributed by atoms with Crippen molar-refractivity contribution < 1.29 is 10.2 Å². The van der Waals surface area contributed by atoms with Gasteiger partial charge in [-0.05, 0) is 32.9 Å². The maximum absolute atomic E-state index is 9.50. The van der Waals surface area contributed by atoms with Gasteiger partial charge in [0, 0.05) is 5.56 Å². The highest BCUT2D eigenvalue weighted by atomic mass is 16.3. The van der Waals surface area contributed by atoms with Crippen LogP contribution < -0.4 is 0 Å². The molecule has 0 saturated heterocycles. The van der Waals surface area contributed by atoms with Crippen LogP contribution in [-0.2, 0) is 0 Å². The summed E-state index contributed by atoms with van der Waals surface area (Å²) in [5.74, 6) is 0.233. The number of hydrogen-bond acceptors (Lipinski definition) is 2. The summed E-state index contributed by atoms with van der Waals surface area (Å²) in [5.41, 5.74) is 0.959. The van der Waals surface area contributed by atoms with Crippen molar-refractivity contribution >= 4 is 6.08 Å². The number of hydrogen-bond donors (Lipinski definition) is 2. The second kappa shape index (κ2) is 3.84. The van der Waals surface area contributed by atoms with Crippen LogP contribution in [0.1, 0.15) is 25.0 Å². The quantitative estimate of drug-likeness (QED) is 0.755. The van der Waals surface area contributed by atoms with E-state index in [0.717, 1.165) is 11.1 Å². The first kappa shape index (κ1) is 10.8. The Hall–Kier alpha value is -1.28. The molecule has 1 aromatic carbocycles. The molecule has 2 N–H and O–H groups in total. The molecule has 0 radical (unpaired) electrons. The van der Waals surface area contributed by atoms with E-state index in [2.05, 4.69) is 0 Å². The minimum absolute atomic E-state index is 0.233. The first-order valence-electron chi connectivity index (χ1n) is 4.60. The minimum Gasteiger partial charge on any atom is -0.507 e. The standard InChI is InChI=1S/C12H16O2/c1-9-4-5-11(13)10(8-9)6-7-12(2,3)14/h4-8,13-14H,1-3H3. The van der Waals surface area contributed by atoms with E-state index in [-0.39, 0.29) is 5.75 Å². The Balaban J connectivity index is 2.97. The van der Waals surface area contributed by atoms with Crippen LogP contribution in [-0.4, -0.2) is 15.8 Å². The maximum atomic E-state index is 9.50. The molecule has 76 valence electrons. The van der Waals surface area contributed by atoms with E-state index in [1.54, 1.807) is 32.1 Å². The lowest BCUT2D eigenvalue weighted by atomic mass is 10.1. The van der Waals surface area contributed by atoms with E-state index >= 15 is 0 Å². The van der Waals surface area contributed by atoms with Gasteiger partial charge >= 0.3 is 0 Å². The van der Waals surface area contributed by atoms with Crippen LogP contribution in [0.4, 0.5) is 0 Å². The van der Waals surface area contributed by atoms with Gasteiger partial charge in [0.15, 0.2) is 0 Å². The molecular weight excluding hydrogens is 176 g/mol. The number of phenols is 1. The molecule has 14 heavy (non-hydrogen) atoms. The Morgan fingerprint density at radius 2 is 1.93 bits per heavy atom. The van der Waals surface area contributed by atoms with E-state index in [1.807, 2.05) is 19.1 Å². The lowest BCUT2D eigenvalue weighted by Gasteiger charge is -2.10. The van der Waals surface area contributed by atoms with Crippen LogP contribution in [0.3, 0.4) is 0 Å². The van der Waals surface area contributed by atoms with E-state index < -0.39 is 5.60 Å². The van der Waals surface area contributed by atoms with Gasteiger partial charge in [0.05, 0.1) is 5.60 Å². The summed E-state index contributed by atoms with van der Waals surface area (Å²) in [4.78, 5) is 0. The van der Waals surface area contributed by atoms with Crippen LogP contribution in [0.25, 0.3) is 6.08 Å². The molecule has 1 aromatic rings. The topological polar surface area (TPSA) is 40.5 Å². The zero-order valence-corrected chi connectivity index (χ0v) is 8.78. The second-order valence-electron chi connectivity index (χ2n) is 4.05. The first-order valence-corrected chi connectivity index (χ1v) is 4.60. The average molecular weight is 192 g/mol. The molecular formula is C12H16O2. The van der Waals surface area contributed by atoms with Crippen molar-refractivity contribution in [1.82, 2.24) is 0 Å². The molecule has 0 amide bonds. The summed E-state index contributed by atoms with van der Waals surface area (Å²) in [6, 6.07) is 5.37.